The Kier molecular flexibility index (Phi) is 14.2. The highest BCUT2D eigenvalue weighted by Crippen LogP contribution is 2.38. The first kappa shape index (κ1) is 39.9. The van der Waals surface area contributed by atoms with Crippen molar-refractivity contribution in [3.05, 3.63) is 0 Å². The molecule has 5 rings (SSSR count). The molecule has 14 heteroatoms. The second kappa shape index (κ2) is 16.4. The zero-order chi connectivity index (χ0) is 34.4. The first-order chi connectivity index (χ1) is 21.5. The number of ether oxygens (including phenoxy) is 8. The van der Waals surface area contributed by atoms with Gasteiger partial charge in [-0.05, 0) is 6.42 Å². The lowest BCUT2D eigenvalue weighted by Crippen LogP contribution is -2.56. The molecule has 0 aromatic carbocycles. The zero-order valence-corrected chi connectivity index (χ0v) is 28.7. The van der Waals surface area contributed by atoms with E-state index in [-0.39, 0.29) is 69.0 Å². The van der Waals surface area contributed by atoms with Gasteiger partial charge < -0.3 is 68.5 Å². The second-order valence-electron chi connectivity index (χ2n) is 15.5. The van der Waals surface area contributed by atoms with Gasteiger partial charge in [0, 0.05) is 21.7 Å². The Bertz CT molecular complexity index is 830. The van der Waals surface area contributed by atoms with Crippen LogP contribution in [0.2, 0.25) is 0 Å². The smallest absolute Gasteiger partial charge is 0.164 e. The molecule has 1 spiro atoms. The Morgan fingerprint density at radius 1 is 0.522 bits per heavy atom. The van der Waals surface area contributed by atoms with Crippen molar-refractivity contribution >= 4 is 0 Å². The fourth-order valence-electron chi connectivity index (χ4n) is 5.39. The van der Waals surface area contributed by atoms with E-state index in [4.69, 9.17) is 48.1 Å². The monoisotopic (exact) mass is 668 g/mol. The van der Waals surface area contributed by atoms with Crippen molar-refractivity contribution in [3.8, 4) is 0 Å². The van der Waals surface area contributed by atoms with Gasteiger partial charge in [0.25, 0.3) is 0 Å². The van der Waals surface area contributed by atoms with Gasteiger partial charge in [-0.2, -0.15) is 0 Å². The molecule has 0 radical (unpaired) electrons. The number of aliphatic hydroxyl groups is 6. The number of fused-ring (bicyclic) bond motifs is 1. The molecular formula is C32H60O14. The highest BCUT2D eigenvalue weighted by molar-refractivity contribution is 4.94. The third-order valence-corrected chi connectivity index (χ3v) is 9.47. The lowest BCUT2D eigenvalue weighted by atomic mass is 9.86. The minimum absolute atomic E-state index is 0.00440. The van der Waals surface area contributed by atoms with Crippen molar-refractivity contribution in [2.75, 3.05) is 79.3 Å². The van der Waals surface area contributed by atoms with Crippen LogP contribution in [0.25, 0.3) is 0 Å². The molecule has 6 N–H and O–H groups in total. The molecule has 272 valence electrons. The summed E-state index contributed by atoms with van der Waals surface area (Å²) in [5.74, 6) is 0. The van der Waals surface area contributed by atoms with E-state index in [0.717, 1.165) is 6.42 Å². The minimum atomic E-state index is -0.554. The van der Waals surface area contributed by atoms with E-state index < -0.39 is 41.0 Å². The Labute approximate surface area is 273 Å². The molecule has 0 aromatic heterocycles. The fraction of sp³-hybridized carbons (Fsp3) is 1.00. The number of hydrogen-bond acceptors (Lipinski definition) is 14. The van der Waals surface area contributed by atoms with Crippen LogP contribution in [0.1, 0.15) is 54.9 Å². The topological polar surface area (TPSA) is 195 Å². The molecule has 0 aliphatic carbocycles. The predicted molar refractivity (Wildman–Crippen MR) is 163 cm³/mol. The van der Waals surface area contributed by atoms with Crippen LogP contribution in [0.15, 0.2) is 0 Å². The lowest BCUT2D eigenvalue weighted by Gasteiger charge is -2.48. The maximum absolute atomic E-state index is 9.37. The van der Waals surface area contributed by atoms with Crippen molar-refractivity contribution in [2.45, 2.75) is 98.2 Å². The molecule has 0 saturated carbocycles. The van der Waals surface area contributed by atoms with E-state index in [1.807, 2.05) is 48.5 Å². The molecule has 0 aromatic rings. The van der Waals surface area contributed by atoms with Gasteiger partial charge in [0.15, 0.2) is 18.9 Å². The van der Waals surface area contributed by atoms with Gasteiger partial charge in [0.1, 0.15) is 24.4 Å². The van der Waals surface area contributed by atoms with Crippen LogP contribution in [0.5, 0.6) is 0 Å². The van der Waals surface area contributed by atoms with Crippen LogP contribution in [-0.4, -0.2) is 153 Å². The highest BCUT2D eigenvalue weighted by atomic mass is 16.7. The Morgan fingerprint density at radius 2 is 0.826 bits per heavy atom. The van der Waals surface area contributed by atoms with Gasteiger partial charge in [0.05, 0.1) is 84.7 Å². The maximum atomic E-state index is 9.37. The lowest BCUT2D eigenvalue weighted by molar-refractivity contribution is -0.337. The van der Waals surface area contributed by atoms with Crippen molar-refractivity contribution < 1.29 is 68.5 Å². The molecule has 4 atom stereocenters. The van der Waals surface area contributed by atoms with Crippen molar-refractivity contribution in [3.63, 3.8) is 0 Å². The van der Waals surface area contributed by atoms with E-state index in [1.54, 1.807) is 0 Å². The first-order valence-corrected chi connectivity index (χ1v) is 16.3. The van der Waals surface area contributed by atoms with Gasteiger partial charge >= 0.3 is 0 Å². The van der Waals surface area contributed by atoms with Gasteiger partial charge in [-0.3, -0.25) is 0 Å². The standard InChI is InChI=1S/C15H28O6.C11H22O4.C6H10O4/c1-13(2,5-16)11-18-7-15(8-19-11)9-20-12(21-10-15)14(3,4)6-17;1-4-11(6-13)7-14-9(15-8-11)10(2,3)5-12;7-3-1-9-6-4(8)2-10-5(3)6/h11-12,16-17H,5-10H2,1-4H3;9,12-13H,4-8H2,1-3H3;3-8H,1-2H2/t;;3?,4?,5-,6-/m..1/s1. The normalized spacial score (nSPS) is 38.4. The molecule has 0 amide bonds. The summed E-state index contributed by atoms with van der Waals surface area (Å²) in [6.45, 7) is 17.0. The third-order valence-electron chi connectivity index (χ3n) is 9.47. The zero-order valence-electron chi connectivity index (χ0n) is 28.7. The summed E-state index contributed by atoms with van der Waals surface area (Å²) >= 11 is 0. The van der Waals surface area contributed by atoms with Gasteiger partial charge in [-0.15, -0.1) is 0 Å². The van der Waals surface area contributed by atoms with Crippen molar-refractivity contribution in [1.82, 2.24) is 0 Å². The summed E-state index contributed by atoms with van der Waals surface area (Å²) in [6.07, 6.45) is -2.09. The molecule has 46 heavy (non-hydrogen) atoms. The molecule has 5 aliphatic heterocycles. The van der Waals surface area contributed by atoms with E-state index in [2.05, 4.69) is 0 Å². The number of aliphatic hydroxyl groups excluding tert-OH is 6. The molecular weight excluding hydrogens is 608 g/mol. The Morgan fingerprint density at radius 3 is 1.09 bits per heavy atom. The molecule has 2 unspecified atom stereocenters. The van der Waals surface area contributed by atoms with E-state index in [9.17, 15) is 20.4 Å². The molecule has 14 nitrogen and oxygen atoms in total. The first-order valence-electron chi connectivity index (χ1n) is 16.3. The molecule has 0 bridgehead atoms. The summed E-state index contributed by atoms with van der Waals surface area (Å²) < 4.78 is 44.5. The quantitative estimate of drug-likeness (QED) is 0.203. The Hall–Kier alpha value is -0.560. The largest absolute Gasteiger partial charge is 0.396 e. The van der Waals surface area contributed by atoms with Crippen molar-refractivity contribution in [2.24, 2.45) is 27.1 Å². The fourth-order valence-corrected chi connectivity index (χ4v) is 5.39. The number of rotatable bonds is 8. The average Bonchev–Trinajstić information content (AvgIpc) is 3.63. The van der Waals surface area contributed by atoms with Gasteiger partial charge in [-0.1, -0.05) is 48.5 Å². The molecule has 5 heterocycles. The van der Waals surface area contributed by atoms with Crippen LogP contribution in [0.4, 0.5) is 0 Å². The SMILES string of the molecule is CC(C)(CO)C1OCC2(CO1)COC(C(C)(C)CO)OC2.CCC1(CO)COC(C(C)(C)CO)OC1.OC1CO[C@@H]2C(O)CO[C@H]12. The Balaban J connectivity index is 0.000000200. The van der Waals surface area contributed by atoms with Crippen molar-refractivity contribution in [1.29, 1.82) is 0 Å². The summed E-state index contributed by atoms with van der Waals surface area (Å²) in [5.41, 5.74) is -1.82. The summed E-state index contributed by atoms with van der Waals surface area (Å²) in [4.78, 5) is 0. The average molecular weight is 669 g/mol. The van der Waals surface area contributed by atoms with Crippen LogP contribution < -0.4 is 0 Å². The maximum Gasteiger partial charge on any atom is 0.164 e. The predicted octanol–water partition coefficient (Wildman–Crippen LogP) is 0.0279. The summed E-state index contributed by atoms with van der Waals surface area (Å²) in [7, 11) is 0. The number of hydrogen-bond donors (Lipinski definition) is 6. The van der Waals surface area contributed by atoms with Crippen LogP contribution >= 0.6 is 0 Å². The second-order valence-corrected chi connectivity index (χ2v) is 15.5. The molecule has 5 fully saturated rings. The van der Waals surface area contributed by atoms with E-state index in [1.165, 1.54) is 0 Å². The molecule has 5 aliphatic rings. The van der Waals surface area contributed by atoms with E-state index >= 15 is 0 Å². The van der Waals surface area contributed by atoms with Crippen LogP contribution in [0.3, 0.4) is 0 Å². The van der Waals surface area contributed by atoms with Gasteiger partial charge in [-0.25, -0.2) is 0 Å². The minimum Gasteiger partial charge on any atom is -0.396 e. The van der Waals surface area contributed by atoms with E-state index in [0.29, 0.717) is 39.6 Å². The molecule has 5 saturated heterocycles. The van der Waals surface area contributed by atoms with Gasteiger partial charge in [0.2, 0.25) is 0 Å². The summed E-state index contributed by atoms with van der Waals surface area (Å²) in [5, 5.41) is 55.5. The summed E-state index contributed by atoms with van der Waals surface area (Å²) in [6, 6.07) is 0. The highest BCUT2D eigenvalue weighted by Gasteiger charge is 2.48. The van der Waals surface area contributed by atoms with Crippen LogP contribution in [-0.2, 0) is 37.9 Å². The van der Waals surface area contributed by atoms with Crippen LogP contribution in [0, 0.1) is 27.1 Å². The third kappa shape index (κ3) is 9.57.